The molecule has 2 aliphatic rings. The van der Waals surface area contributed by atoms with Gasteiger partial charge in [-0.25, -0.2) is 0 Å². The van der Waals surface area contributed by atoms with E-state index in [1.807, 2.05) is 25.1 Å². The zero-order valence-corrected chi connectivity index (χ0v) is 16.6. The van der Waals surface area contributed by atoms with Crippen molar-refractivity contribution in [2.75, 3.05) is 31.5 Å². The molecule has 0 radical (unpaired) electrons. The van der Waals surface area contributed by atoms with E-state index in [0.29, 0.717) is 19.5 Å². The number of nitrogens with one attached hydrogen (secondary N) is 4. The maximum atomic E-state index is 12.0. The number of hydrogen-bond donors (Lipinski definition) is 4. The fourth-order valence-corrected chi connectivity index (χ4v) is 3.53. The van der Waals surface area contributed by atoms with E-state index in [1.165, 1.54) is 6.42 Å². The Labute approximate surface area is 166 Å². The van der Waals surface area contributed by atoms with Crippen LogP contribution >= 0.6 is 0 Å². The van der Waals surface area contributed by atoms with Gasteiger partial charge < -0.3 is 21.3 Å². The number of hydrogen-bond acceptors (Lipinski definition) is 3. The van der Waals surface area contributed by atoms with Crippen molar-refractivity contribution in [2.24, 2.45) is 10.9 Å². The minimum absolute atomic E-state index is 0.0408. The monoisotopic (exact) mass is 385 g/mol. The van der Waals surface area contributed by atoms with Gasteiger partial charge in [0, 0.05) is 43.6 Å². The smallest absolute Gasteiger partial charge is 0.225 e. The first-order chi connectivity index (χ1) is 13.7. The number of fused-ring (bicyclic) bond motifs is 1. The first kappa shape index (κ1) is 20.2. The quantitative estimate of drug-likeness (QED) is 0.313. The van der Waals surface area contributed by atoms with E-state index in [2.05, 4.69) is 32.3 Å². The van der Waals surface area contributed by atoms with E-state index in [0.717, 1.165) is 49.6 Å². The van der Waals surface area contributed by atoms with Crippen LogP contribution in [0.5, 0.6) is 0 Å². The van der Waals surface area contributed by atoms with E-state index in [9.17, 15) is 9.59 Å². The average molecular weight is 386 g/mol. The molecule has 7 heteroatoms. The van der Waals surface area contributed by atoms with Gasteiger partial charge in [-0.1, -0.05) is 24.6 Å². The average Bonchev–Trinajstić information content (AvgIpc) is 2.64. The minimum atomic E-state index is 0.0408. The summed E-state index contributed by atoms with van der Waals surface area (Å²) >= 11 is 0. The first-order valence-electron chi connectivity index (χ1n) is 10.4. The van der Waals surface area contributed by atoms with Crippen molar-refractivity contribution in [3.63, 3.8) is 0 Å². The summed E-state index contributed by atoms with van der Waals surface area (Å²) in [4.78, 5) is 28.5. The largest absolute Gasteiger partial charge is 0.357 e. The Kier molecular flexibility index (Phi) is 7.28. The Balaban J connectivity index is 1.46. The summed E-state index contributed by atoms with van der Waals surface area (Å²) < 4.78 is 0. The van der Waals surface area contributed by atoms with Crippen LogP contribution in [0, 0.1) is 5.92 Å². The highest BCUT2D eigenvalue weighted by Gasteiger charge is 2.25. The molecular weight excluding hydrogens is 354 g/mol. The number of anilines is 1. The molecule has 1 unspecified atom stereocenters. The van der Waals surface area contributed by atoms with Crippen LogP contribution in [0.15, 0.2) is 29.3 Å². The molecule has 0 bridgehead atoms. The third kappa shape index (κ3) is 5.47. The van der Waals surface area contributed by atoms with Crippen LogP contribution in [0.2, 0.25) is 0 Å². The first-order valence-corrected chi connectivity index (χ1v) is 10.4. The molecule has 1 heterocycles. The summed E-state index contributed by atoms with van der Waals surface area (Å²) in [6, 6.07) is 7.92. The molecule has 152 valence electrons. The van der Waals surface area contributed by atoms with Crippen LogP contribution in [-0.4, -0.2) is 44.0 Å². The Morgan fingerprint density at radius 1 is 1.18 bits per heavy atom. The van der Waals surface area contributed by atoms with Gasteiger partial charge in [0.2, 0.25) is 11.8 Å². The third-order valence-corrected chi connectivity index (χ3v) is 5.34. The van der Waals surface area contributed by atoms with Crippen LogP contribution in [-0.2, 0) is 9.59 Å². The summed E-state index contributed by atoms with van der Waals surface area (Å²) in [6.45, 7) is 4.76. The number of guanidine groups is 1. The number of carbonyl (C=O) groups excluding carboxylic acids is 2. The second-order valence-electron chi connectivity index (χ2n) is 7.46. The Hall–Kier alpha value is -2.57. The highest BCUT2D eigenvalue weighted by atomic mass is 16.2. The molecule has 0 spiro atoms. The maximum Gasteiger partial charge on any atom is 0.225 e. The number of carbonyl (C=O) groups is 2. The summed E-state index contributed by atoms with van der Waals surface area (Å²) in [5.41, 5.74) is 2.03. The van der Waals surface area contributed by atoms with Gasteiger partial charge in [0.1, 0.15) is 0 Å². The number of rotatable bonds is 8. The Bertz CT molecular complexity index is 715. The van der Waals surface area contributed by atoms with E-state index in [4.69, 9.17) is 0 Å². The zero-order valence-electron chi connectivity index (χ0n) is 16.6. The van der Waals surface area contributed by atoms with Gasteiger partial charge in [0.25, 0.3) is 0 Å². The molecule has 7 nitrogen and oxygen atoms in total. The highest BCUT2D eigenvalue weighted by molar-refractivity contribution is 5.94. The molecule has 1 aliphatic heterocycles. The summed E-state index contributed by atoms with van der Waals surface area (Å²) in [6.07, 6.45) is 4.53. The van der Waals surface area contributed by atoms with Gasteiger partial charge in [-0.2, -0.15) is 0 Å². The van der Waals surface area contributed by atoms with Crippen molar-refractivity contribution in [1.29, 1.82) is 0 Å². The Morgan fingerprint density at radius 3 is 2.71 bits per heavy atom. The lowest BCUT2D eigenvalue weighted by atomic mass is 9.85. The van der Waals surface area contributed by atoms with Crippen molar-refractivity contribution in [1.82, 2.24) is 16.0 Å². The van der Waals surface area contributed by atoms with Crippen molar-refractivity contribution in [2.45, 2.75) is 44.9 Å². The van der Waals surface area contributed by atoms with Gasteiger partial charge in [-0.15, -0.1) is 0 Å². The molecule has 3 rings (SSSR count). The molecule has 1 saturated carbocycles. The number of amides is 2. The van der Waals surface area contributed by atoms with Gasteiger partial charge in [-0.3, -0.25) is 14.6 Å². The number of benzene rings is 1. The molecule has 0 aromatic heterocycles. The number of para-hydroxylation sites is 1. The fourth-order valence-electron chi connectivity index (χ4n) is 3.53. The van der Waals surface area contributed by atoms with Crippen LogP contribution in [0.3, 0.4) is 0 Å². The van der Waals surface area contributed by atoms with Gasteiger partial charge in [0.05, 0.1) is 6.54 Å². The molecule has 28 heavy (non-hydrogen) atoms. The van der Waals surface area contributed by atoms with Gasteiger partial charge in [-0.05, 0) is 37.8 Å². The van der Waals surface area contributed by atoms with Crippen molar-refractivity contribution >= 4 is 23.5 Å². The summed E-state index contributed by atoms with van der Waals surface area (Å²) in [5.74, 6) is 1.31. The molecule has 0 saturated heterocycles. The fraction of sp³-hybridized carbons (Fsp3) is 0.571. The lowest BCUT2D eigenvalue weighted by Crippen LogP contribution is -2.40. The van der Waals surface area contributed by atoms with Crippen LogP contribution in [0.25, 0.3) is 0 Å². The maximum absolute atomic E-state index is 12.0. The van der Waals surface area contributed by atoms with E-state index in [1.54, 1.807) is 0 Å². The second kappa shape index (κ2) is 10.1. The lowest BCUT2D eigenvalue weighted by molar-refractivity contribution is -0.127. The molecule has 1 fully saturated rings. The third-order valence-electron chi connectivity index (χ3n) is 5.34. The number of aliphatic imine (C=N–C) groups is 1. The predicted octanol–water partition coefficient (Wildman–Crippen LogP) is 1.97. The van der Waals surface area contributed by atoms with Gasteiger partial charge in [0.15, 0.2) is 5.96 Å². The van der Waals surface area contributed by atoms with E-state index < -0.39 is 0 Å². The lowest BCUT2D eigenvalue weighted by Gasteiger charge is -2.24. The molecule has 2 amide bonds. The molecule has 4 N–H and O–H groups in total. The predicted molar refractivity (Wildman–Crippen MR) is 111 cm³/mol. The summed E-state index contributed by atoms with van der Waals surface area (Å²) in [7, 11) is 0. The van der Waals surface area contributed by atoms with Crippen molar-refractivity contribution in [3.8, 4) is 0 Å². The standard InChI is InChI=1S/C21H31N5O2/c1-2-22-21(24-12-6-11-23-20(28)15-7-5-8-15)25-14-16-13-19(27)26-18-10-4-3-9-17(16)18/h3-4,9-10,15-16H,2,5-8,11-14H2,1H3,(H,23,28)(H,26,27)(H2,22,24,25). The molecule has 1 aromatic rings. The van der Waals surface area contributed by atoms with Gasteiger partial charge >= 0.3 is 0 Å². The van der Waals surface area contributed by atoms with E-state index in [-0.39, 0.29) is 23.7 Å². The van der Waals surface area contributed by atoms with Crippen LogP contribution < -0.4 is 21.3 Å². The highest BCUT2D eigenvalue weighted by Crippen LogP contribution is 2.32. The molecular formula is C21H31N5O2. The minimum Gasteiger partial charge on any atom is -0.357 e. The zero-order chi connectivity index (χ0) is 19.8. The van der Waals surface area contributed by atoms with Crippen LogP contribution in [0.1, 0.15) is 50.5 Å². The van der Waals surface area contributed by atoms with E-state index >= 15 is 0 Å². The van der Waals surface area contributed by atoms with Crippen molar-refractivity contribution < 1.29 is 9.59 Å². The molecule has 1 aliphatic carbocycles. The Morgan fingerprint density at radius 2 is 1.96 bits per heavy atom. The van der Waals surface area contributed by atoms with Crippen molar-refractivity contribution in [3.05, 3.63) is 29.8 Å². The number of nitrogens with zero attached hydrogens (tertiary/aromatic N) is 1. The molecule has 1 aromatic carbocycles. The normalized spacial score (nSPS) is 19.2. The molecule has 1 atom stereocenters. The topological polar surface area (TPSA) is 94.6 Å². The SMILES string of the molecule is CCNC(=NCC1CC(=O)Nc2ccccc21)NCCCNC(=O)C1CCC1. The summed E-state index contributed by atoms with van der Waals surface area (Å²) in [5, 5.41) is 12.5. The van der Waals surface area contributed by atoms with Crippen LogP contribution in [0.4, 0.5) is 5.69 Å². The second-order valence-corrected chi connectivity index (χ2v) is 7.46.